The van der Waals surface area contributed by atoms with Gasteiger partial charge in [-0.2, -0.15) is 0 Å². The smallest absolute Gasteiger partial charge is 0.131 e. The lowest BCUT2D eigenvalue weighted by atomic mass is 10.0. The van der Waals surface area contributed by atoms with Crippen molar-refractivity contribution < 1.29 is 4.74 Å². The van der Waals surface area contributed by atoms with E-state index in [0.29, 0.717) is 5.92 Å². The van der Waals surface area contributed by atoms with Gasteiger partial charge in [-0.3, -0.25) is 0 Å². The van der Waals surface area contributed by atoms with E-state index in [4.69, 9.17) is 4.74 Å². The van der Waals surface area contributed by atoms with E-state index in [9.17, 15) is 0 Å². The molecule has 0 aliphatic carbocycles. The molecule has 3 heteroatoms. The van der Waals surface area contributed by atoms with Crippen molar-refractivity contribution in [3.05, 3.63) is 58.1 Å². The molecule has 0 heterocycles. The van der Waals surface area contributed by atoms with Crippen LogP contribution in [0.3, 0.4) is 0 Å². The molecule has 0 aromatic heterocycles. The van der Waals surface area contributed by atoms with Gasteiger partial charge in [-0.05, 0) is 42.8 Å². The van der Waals surface area contributed by atoms with Gasteiger partial charge in [0.25, 0.3) is 0 Å². The summed E-state index contributed by atoms with van der Waals surface area (Å²) in [6.45, 7) is 5.14. The fraction of sp³-hybridized carbons (Fsp3) is 0.294. The fourth-order valence-corrected chi connectivity index (χ4v) is 2.50. The van der Waals surface area contributed by atoms with E-state index in [1.165, 1.54) is 5.56 Å². The molecule has 0 unspecified atom stereocenters. The first-order valence-electron chi connectivity index (χ1n) is 6.81. The minimum Gasteiger partial charge on any atom is -0.457 e. The minimum absolute atomic E-state index is 0.416. The Bertz CT molecular complexity index is 581. The molecule has 0 aliphatic heterocycles. The molecule has 20 heavy (non-hydrogen) atoms. The Balaban J connectivity index is 2.35. The maximum atomic E-state index is 6.15. The molecule has 2 aromatic carbocycles. The van der Waals surface area contributed by atoms with E-state index >= 15 is 0 Å². The third-order valence-corrected chi connectivity index (χ3v) is 3.65. The number of rotatable bonds is 5. The number of halogens is 1. The Hall–Kier alpha value is -1.32. The van der Waals surface area contributed by atoms with Crippen molar-refractivity contribution >= 4 is 15.9 Å². The number of hydrogen-bond donors (Lipinski definition) is 1. The summed E-state index contributed by atoms with van der Waals surface area (Å²) in [6, 6.07) is 14.3. The van der Waals surface area contributed by atoms with E-state index < -0.39 is 0 Å². The molecular formula is C17H20BrNO. The molecular weight excluding hydrogens is 314 g/mol. The molecule has 0 fully saturated rings. The highest BCUT2D eigenvalue weighted by Crippen LogP contribution is 2.34. The van der Waals surface area contributed by atoms with Gasteiger partial charge in [0.1, 0.15) is 11.5 Å². The summed E-state index contributed by atoms with van der Waals surface area (Å²) >= 11 is 3.52. The van der Waals surface area contributed by atoms with E-state index in [1.54, 1.807) is 0 Å². The molecule has 0 spiro atoms. The Kier molecular flexibility index (Phi) is 5.21. The summed E-state index contributed by atoms with van der Waals surface area (Å²) in [5.41, 5.74) is 2.37. The highest BCUT2D eigenvalue weighted by atomic mass is 79.9. The molecule has 0 aliphatic rings. The lowest BCUT2D eigenvalue weighted by Gasteiger charge is -2.16. The van der Waals surface area contributed by atoms with Crippen LogP contribution in [0.4, 0.5) is 0 Å². The Morgan fingerprint density at radius 1 is 1.10 bits per heavy atom. The molecule has 0 amide bonds. The summed E-state index contributed by atoms with van der Waals surface area (Å²) < 4.78 is 7.23. The average Bonchev–Trinajstić information content (AvgIpc) is 2.43. The minimum atomic E-state index is 0.416. The molecule has 2 nitrogen and oxygen atoms in total. The first-order valence-corrected chi connectivity index (χ1v) is 7.61. The van der Waals surface area contributed by atoms with E-state index in [-0.39, 0.29) is 0 Å². The lowest BCUT2D eigenvalue weighted by molar-refractivity contribution is 0.465. The summed E-state index contributed by atoms with van der Waals surface area (Å²) in [5, 5.41) is 3.17. The molecule has 2 rings (SSSR count). The number of para-hydroxylation sites is 1. The van der Waals surface area contributed by atoms with Crippen LogP contribution in [0.1, 0.15) is 30.9 Å². The molecule has 0 atom stereocenters. The quantitative estimate of drug-likeness (QED) is 0.823. The number of benzene rings is 2. The average molecular weight is 334 g/mol. The van der Waals surface area contributed by atoms with Gasteiger partial charge in [-0.25, -0.2) is 0 Å². The Morgan fingerprint density at radius 2 is 1.85 bits per heavy atom. The van der Waals surface area contributed by atoms with Crippen LogP contribution in [-0.2, 0) is 6.54 Å². The number of ether oxygens (including phenoxy) is 1. The second-order valence-electron chi connectivity index (χ2n) is 5.08. The fourth-order valence-electron chi connectivity index (χ4n) is 2.12. The van der Waals surface area contributed by atoms with Crippen LogP contribution in [0.25, 0.3) is 0 Å². The highest BCUT2D eigenvalue weighted by Gasteiger charge is 2.11. The Morgan fingerprint density at radius 3 is 2.55 bits per heavy atom. The Labute approximate surface area is 129 Å². The summed E-state index contributed by atoms with van der Waals surface area (Å²) in [6.07, 6.45) is 0. The highest BCUT2D eigenvalue weighted by molar-refractivity contribution is 9.10. The van der Waals surface area contributed by atoms with Crippen molar-refractivity contribution in [3.63, 3.8) is 0 Å². The summed E-state index contributed by atoms with van der Waals surface area (Å²) in [4.78, 5) is 0. The van der Waals surface area contributed by atoms with Crippen LogP contribution < -0.4 is 10.1 Å². The molecule has 1 N–H and O–H groups in total. The lowest BCUT2D eigenvalue weighted by Crippen LogP contribution is -2.06. The molecule has 0 radical (unpaired) electrons. The maximum Gasteiger partial charge on any atom is 0.131 e. The molecule has 106 valence electrons. The predicted molar refractivity (Wildman–Crippen MR) is 87.5 cm³/mol. The van der Waals surface area contributed by atoms with Crippen LogP contribution in [0.15, 0.2) is 46.9 Å². The zero-order valence-electron chi connectivity index (χ0n) is 12.1. The van der Waals surface area contributed by atoms with Crippen LogP contribution in [-0.4, -0.2) is 7.05 Å². The van der Waals surface area contributed by atoms with Crippen LogP contribution in [0, 0.1) is 0 Å². The van der Waals surface area contributed by atoms with Gasteiger partial charge in [-0.15, -0.1) is 0 Å². The largest absolute Gasteiger partial charge is 0.457 e. The van der Waals surface area contributed by atoms with Gasteiger partial charge in [-0.1, -0.05) is 48.0 Å². The molecule has 0 bridgehead atoms. The van der Waals surface area contributed by atoms with Crippen molar-refractivity contribution in [2.75, 3.05) is 7.05 Å². The number of hydrogen-bond acceptors (Lipinski definition) is 2. The van der Waals surface area contributed by atoms with Crippen molar-refractivity contribution in [1.29, 1.82) is 0 Å². The topological polar surface area (TPSA) is 21.3 Å². The molecule has 0 saturated carbocycles. The van der Waals surface area contributed by atoms with Gasteiger partial charge in [0, 0.05) is 16.6 Å². The van der Waals surface area contributed by atoms with Crippen LogP contribution in [0.2, 0.25) is 0 Å². The van der Waals surface area contributed by atoms with Gasteiger partial charge in [0.05, 0.1) is 0 Å². The predicted octanol–water partition coefficient (Wildman–Crippen LogP) is 5.08. The second-order valence-corrected chi connectivity index (χ2v) is 5.99. The number of nitrogens with one attached hydrogen (secondary N) is 1. The first-order chi connectivity index (χ1) is 9.61. The van der Waals surface area contributed by atoms with Crippen LogP contribution in [0.5, 0.6) is 11.5 Å². The summed E-state index contributed by atoms with van der Waals surface area (Å²) in [5.74, 6) is 2.25. The van der Waals surface area contributed by atoms with E-state index in [0.717, 1.165) is 28.1 Å². The summed E-state index contributed by atoms with van der Waals surface area (Å²) in [7, 11) is 1.94. The maximum absolute atomic E-state index is 6.15. The second kappa shape index (κ2) is 6.91. The molecule has 0 saturated heterocycles. The van der Waals surface area contributed by atoms with Crippen LogP contribution >= 0.6 is 15.9 Å². The third kappa shape index (κ3) is 3.62. The standard InChI is InChI=1S/C17H20BrNO/c1-12(2)15-10-14(18)8-9-17(15)20-16-7-5-4-6-13(16)11-19-3/h4-10,12,19H,11H2,1-3H3. The van der Waals surface area contributed by atoms with Gasteiger partial charge >= 0.3 is 0 Å². The monoisotopic (exact) mass is 333 g/mol. The van der Waals surface area contributed by atoms with E-state index in [2.05, 4.69) is 47.2 Å². The first kappa shape index (κ1) is 15.1. The SMILES string of the molecule is CNCc1ccccc1Oc1ccc(Br)cc1C(C)C. The van der Waals surface area contributed by atoms with Crippen molar-refractivity contribution in [2.24, 2.45) is 0 Å². The zero-order valence-corrected chi connectivity index (χ0v) is 13.7. The van der Waals surface area contributed by atoms with Crippen molar-refractivity contribution in [1.82, 2.24) is 5.32 Å². The third-order valence-electron chi connectivity index (χ3n) is 3.15. The van der Waals surface area contributed by atoms with Gasteiger partial charge < -0.3 is 10.1 Å². The molecule has 2 aromatic rings. The van der Waals surface area contributed by atoms with Crippen molar-refractivity contribution in [2.45, 2.75) is 26.3 Å². The van der Waals surface area contributed by atoms with Gasteiger partial charge in [0.2, 0.25) is 0 Å². The zero-order chi connectivity index (χ0) is 14.5. The van der Waals surface area contributed by atoms with E-state index in [1.807, 2.05) is 37.4 Å². The normalized spacial score (nSPS) is 10.8. The van der Waals surface area contributed by atoms with Gasteiger partial charge in [0.15, 0.2) is 0 Å². The van der Waals surface area contributed by atoms with Crippen molar-refractivity contribution in [3.8, 4) is 11.5 Å².